The minimum absolute atomic E-state index is 0.428. The van der Waals surface area contributed by atoms with Gasteiger partial charge in [0.15, 0.2) is 0 Å². The molecule has 92 valence electrons. The van der Waals surface area contributed by atoms with E-state index < -0.39 is 0 Å². The van der Waals surface area contributed by atoms with Crippen LogP contribution in [0.1, 0.15) is 24.3 Å². The number of thioether (sulfide) groups is 1. The fourth-order valence-corrected chi connectivity index (χ4v) is 3.67. The number of nitrogens with one attached hydrogen (secondary N) is 1. The summed E-state index contributed by atoms with van der Waals surface area (Å²) < 4.78 is 6.03. The van der Waals surface area contributed by atoms with Crippen molar-refractivity contribution >= 4 is 11.8 Å². The zero-order valence-corrected chi connectivity index (χ0v) is 10.8. The molecule has 0 amide bonds. The van der Waals surface area contributed by atoms with Gasteiger partial charge in [0.2, 0.25) is 0 Å². The van der Waals surface area contributed by atoms with Crippen LogP contribution in [-0.2, 0) is 0 Å². The zero-order chi connectivity index (χ0) is 11.5. The van der Waals surface area contributed by atoms with Gasteiger partial charge in [-0.3, -0.25) is 0 Å². The number of hydrogen-bond acceptors (Lipinski definition) is 3. The van der Waals surface area contributed by atoms with Crippen molar-refractivity contribution in [2.75, 3.05) is 24.6 Å². The molecule has 1 aromatic rings. The van der Waals surface area contributed by atoms with Gasteiger partial charge < -0.3 is 10.1 Å². The molecule has 2 aliphatic heterocycles. The van der Waals surface area contributed by atoms with Crippen LogP contribution in [0.5, 0.6) is 5.75 Å². The fraction of sp³-hybridized carbons (Fsp3) is 0.571. The van der Waals surface area contributed by atoms with Gasteiger partial charge in [0.1, 0.15) is 11.9 Å². The summed E-state index contributed by atoms with van der Waals surface area (Å²) in [6.07, 6.45) is 2.87. The highest BCUT2D eigenvalue weighted by molar-refractivity contribution is 7.99. The van der Waals surface area contributed by atoms with E-state index in [1.807, 2.05) is 11.8 Å². The van der Waals surface area contributed by atoms with Crippen LogP contribution in [0.25, 0.3) is 0 Å². The van der Waals surface area contributed by atoms with Crippen molar-refractivity contribution < 1.29 is 4.74 Å². The number of ether oxygens (including phenoxy) is 1. The zero-order valence-electron chi connectivity index (χ0n) is 10.0. The first-order valence-electron chi connectivity index (χ1n) is 6.47. The lowest BCUT2D eigenvalue weighted by Gasteiger charge is -2.15. The molecular weight excluding hydrogens is 230 g/mol. The smallest absolute Gasteiger partial charge is 0.120 e. The molecular formula is C14H19NOS. The monoisotopic (exact) mass is 249 g/mol. The Balaban J connectivity index is 1.69. The first-order valence-corrected chi connectivity index (χ1v) is 7.62. The Morgan fingerprint density at radius 3 is 3.06 bits per heavy atom. The predicted molar refractivity (Wildman–Crippen MR) is 73.0 cm³/mol. The van der Waals surface area contributed by atoms with Crippen LogP contribution in [0.2, 0.25) is 0 Å². The Morgan fingerprint density at radius 2 is 2.29 bits per heavy atom. The van der Waals surface area contributed by atoms with Gasteiger partial charge in [-0.15, -0.1) is 0 Å². The molecule has 1 aromatic carbocycles. The van der Waals surface area contributed by atoms with Crippen molar-refractivity contribution in [3.05, 3.63) is 29.8 Å². The molecule has 1 N–H and O–H groups in total. The van der Waals surface area contributed by atoms with E-state index in [2.05, 4.69) is 29.6 Å². The summed E-state index contributed by atoms with van der Waals surface area (Å²) in [7, 11) is 0. The third-order valence-electron chi connectivity index (χ3n) is 3.58. The Labute approximate surface area is 107 Å². The normalized spacial score (nSPS) is 28.5. The Kier molecular flexibility index (Phi) is 3.57. The van der Waals surface area contributed by atoms with Gasteiger partial charge in [-0.05, 0) is 48.8 Å². The standard InChI is InChI=1S/C14H19NOS/c1-2-11(12-4-6-15-9-12)8-13(3-1)16-14-5-7-17-10-14/h1-3,8,12,14-15H,4-7,9-10H2. The van der Waals surface area contributed by atoms with Crippen LogP contribution in [0, 0.1) is 0 Å². The van der Waals surface area contributed by atoms with E-state index in [1.165, 1.54) is 24.2 Å². The van der Waals surface area contributed by atoms with Crippen molar-refractivity contribution in [1.82, 2.24) is 5.32 Å². The molecule has 0 radical (unpaired) electrons. The van der Waals surface area contributed by atoms with E-state index in [-0.39, 0.29) is 0 Å². The summed E-state index contributed by atoms with van der Waals surface area (Å²) in [5.74, 6) is 4.13. The Morgan fingerprint density at radius 1 is 1.29 bits per heavy atom. The molecule has 0 aliphatic carbocycles. The summed E-state index contributed by atoms with van der Waals surface area (Å²) in [6, 6.07) is 8.69. The quantitative estimate of drug-likeness (QED) is 0.890. The molecule has 17 heavy (non-hydrogen) atoms. The van der Waals surface area contributed by atoms with Crippen molar-refractivity contribution in [3.8, 4) is 5.75 Å². The minimum Gasteiger partial charge on any atom is -0.490 e. The Hall–Kier alpha value is -0.670. The lowest BCUT2D eigenvalue weighted by Crippen LogP contribution is -2.15. The first-order chi connectivity index (χ1) is 8.42. The Bertz CT molecular complexity index is 370. The summed E-state index contributed by atoms with van der Waals surface area (Å²) in [5, 5.41) is 3.42. The highest BCUT2D eigenvalue weighted by atomic mass is 32.2. The second-order valence-corrected chi connectivity index (χ2v) is 6.02. The lowest BCUT2D eigenvalue weighted by atomic mass is 9.98. The maximum atomic E-state index is 6.03. The molecule has 2 atom stereocenters. The van der Waals surface area contributed by atoms with Crippen molar-refractivity contribution in [1.29, 1.82) is 0 Å². The van der Waals surface area contributed by atoms with Crippen LogP contribution in [-0.4, -0.2) is 30.7 Å². The minimum atomic E-state index is 0.428. The van der Waals surface area contributed by atoms with Gasteiger partial charge in [0, 0.05) is 12.3 Å². The molecule has 2 fully saturated rings. The molecule has 3 heteroatoms. The van der Waals surface area contributed by atoms with E-state index >= 15 is 0 Å². The summed E-state index contributed by atoms with van der Waals surface area (Å²) in [6.45, 7) is 2.26. The molecule has 2 nitrogen and oxygen atoms in total. The summed E-state index contributed by atoms with van der Waals surface area (Å²) in [4.78, 5) is 0. The molecule has 0 saturated carbocycles. The summed E-state index contributed by atoms with van der Waals surface area (Å²) >= 11 is 2.00. The molecule has 0 spiro atoms. The van der Waals surface area contributed by atoms with E-state index in [0.29, 0.717) is 12.0 Å². The molecule has 2 saturated heterocycles. The van der Waals surface area contributed by atoms with Crippen molar-refractivity contribution in [3.63, 3.8) is 0 Å². The second-order valence-electron chi connectivity index (χ2n) is 4.87. The van der Waals surface area contributed by atoms with E-state index in [9.17, 15) is 0 Å². The van der Waals surface area contributed by atoms with Crippen LogP contribution < -0.4 is 10.1 Å². The highest BCUT2D eigenvalue weighted by Gasteiger charge is 2.19. The topological polar surface area (TPSA) is 21.3 Å². The SMILES string of the molecule is c1cc(OC2CCSC2)cc(C2CCNC2)c1. The van der Waals surface area contributed by atoms with E-state index in [1.54, 1.807) is 0 Å². The highest BCUT2D eigenvalue weighted by Crippen LogP contribution is 2.28. The van der Waals surface area contributed by atoms with Crippen LogP contribution in [0.3, 0.4) is 0 Å². The molecule has 2 aliphatic rings. The number of benzene rings is 1. The molecule has 3 rings (SSSR count). The third-order valence-corrected chi connectivity index (χ3v) is 4.71. The molecule has 0 bridgehead atoms. The predicted octanol–water partition coefficient (Wildman–Crippen LogP) is 2.65. The molecule has 2 heterocycles. The van der Waals surface area contributed by atoms with Crippen LogP contribution in [0.15, 0.2) is 24.3 Å². The maximum absolute atomic E-state index is 6.03. The van der Waals surface area contributed by atoms with E-state index in [0.717, 1.165) is 24.6 Å². The summed E-state index contributed by atoms with van der Waals surface area (Å²) in [5.41, 5.74) is 1.43. The first kappa shape index (κ1) is 11.4. The van der Waals surface area contributed by atoms with Gasteiger partial charge in [-0.25, -0.2) is 0 Å². The van der Waals surface area contributed by atoms with Crippen molar-refractivity contribution in [2.45, 2.75) is 24.9 Å². The number of rotatable bonds is 3. The van der Waals surface area contributed by atoms with Gasteiger partial charge in [0.05, 0.1) is 0 Å². The molecule has 0 aromatic heterocycles. The number of hydrogen-bond donors (Lipinski definition) is 1. The van der Waals surface area contributed by atoms with Crippen LogP contribution >= 0.6 is 11.8 Å². The second kappa shape index (κ2) is 5.32. The maximum Gasteiger partial charge on any atom is 0.120 e. The van der Waals surface area contributed by atoms with Gasteiger partial charge in [-0.1, -0.05) is 12.1 Å². The average Bonchev–Trinajstić information content (AvgIpc) is 3.01. The lowest BCUT2D eigenvalue weighted by molar-refractivity contribution is 0.229. The van der Waals surface area contributed by atoms with Gasteiger partial charge in [0.25, 0.3) is 0 Å². The fourth-order valence-electron chi connectivity index (χ4n) is 2.58. The van der Waals surface area contributed by atoms with Gasteiger partial charge >= 0.3 is 0 Å². The van der Waals surface area contributed by atoms with Gasteiger partial charge in [-0.2, -0.15) is 11.8 Å². The largest absolute Gasteiger partial charge is 0.490 e. The average molecular weight is 249 g/mol. The van der Waals surface area contributed by atoms with Crippen LogP contribution in [0.4, 0.5) is 0 Å². The molecule has 2 unspecified atom stereocenters. The van der Waals surface area contributed by atoms with E-state index in [4.69, 9.17) is 4.74 Å². The third kappa shape index (κ3) is 2.78. The van der Waals surface area contributed by atoms with Crippen molar-refractivity contribution in [2.24, 2.45) is 0 Å².